The van der Waals surface area contributed by atoms with Crippen LogP contribution >= 0.6 is 0 Å². The fourth-order valence-electron chi connectivity index (χ4n) is 3.21. The van der Waals surface area contributed by atoms with Gasteiger partial charge in [0, 0.05) is 20.1 Å². The summed E-state index contributed by atoms with van der Waals surface area (Å²) in [7, 11) is 1.76. The summed E-state index contributed by atoms with van der Waals surface area (Å²) < 4.78 is 32.0. The molecule has 144 valence electrons. The number of ether oxygens (including phenoxy) is 1. The molecule has 0 saturated carbocycles. The number of benzene rings is 2. The molecule has 2 aromatic rings. The Morgan fingerprint density at radius 2 is 1.74 bits per heavy atom. The number of likely N-dealkylation sites (N-methyl/N-ethyl adjacent to an activating group) is 1. The van der Waals surface area contributed by atoms with E-state index in [1.165, 1.54) is 24.3 Å². The van der Waals surface area contributed by atoms with Gasteiger partial charge in [0.1, 0.15) is 11.6 Å². The van der Waals surface area contributed by atoms with Gasteiger partial charge in [0.25, 0.3) is 0 Å². The van der Waals surface area contributed by atoms with Crippen LogP contribution in [0.1, 0.15) is 30.2 Å². The van der Waals surface area contributed by atoms with Crippen LogP contribution in [0.5, 0.6) is 0 Å². The second-order valence-electron chi connectivity index (χ2n) is 6.88. The molecule has 0 aromatic heterocycles. The van der Waals surface area contributed by atoms with Gasteiger partial charge < -0.3 is 9.64 Å². The molecule has 27 heavy (non-hydrogen) atoms. The molecule has 1 amide bonds. The lowest BCUT2D eigenvalue weighted by molar-refractivity contribution is -0.135. The topological polar surface area (TPSA) is 32.8 Å². The van der Waals surface area contributed by atoms with Crippen LogP contribution in [0.3, 0.4) is 0 Å². The van der Waals surface area contributed by atoms with Gasteiger partial charge in [-0.15, -0.1) is 0 Å². The number of carbonyl (C=O) groups excluding carboxylic acids is 1. The number of hydrogen-bond donors (Lipinski definition) is 0. The minimum atomic E-state index is -0.292. The van der Waals surface area contributed by atoms with Gasteiger partial charge in [0.2, 0.25) is 5.91 Å². The first kappa shape index (κ1) is 19.5. The summed E-state index contributed by atoms with van der Waals surface area (Å²) in [6.45, 7) is 3.97. The van der Waals surface area contributed by atoms with Gasteiger partial charge in [-0.3, -0.25) is 9.69 Å². The second-order valence-corrected chi connectivity index (χ2v) is 6.88. The first-order chi connectivity index (χ1) is 12.9. The minimum Gasteiger partial charge on any atom is -0.371 e. The van der Waals surface area contributed by atoms with E-state index in [9.17, 15) is 13.6 Å². The van der Waals surface area contributed by atoms with Gasteiger partial charge in [-0.25, -0.2) is 8.78 Å². The van der Waals surface area contributed by atoms with Crippen LogP contribution in [0.15, 0.2) is 48.5 Å². The van der Waals surface area contributed by atoms with Crippen molar-refractivity contribution in [3.63, 3.8) is 0 Å². The lowest BCUT2D eigenvalue weighted by atomic mass is 10.1. The molecule has 0 N–H and O–H groups in total. The van der Waals surface area contributed by atoms with Gasteiger partial charge in [-0.1, -0.05) is 24.3 Å². The summed E-state index contributed by atoms with van der Waals surface area (Å²) in [6.07, 6.45) is -0.174. The highest BCUT2D eigenvalue weighted by Gasteiger charge is 2.26. The van der Waals surface area contributed by atoms with Gasteiger partial charge >= 0.3 is 0 Å². The molecule has 1 aliphatic heterocycles. The van der Waals surface area contributed by atoms with E-state index in [0.717, 1.165) is 11.1 Å². The summed E-state index contributed by atoms with van der Waals surface area (Å²) in [5.41, 5.74) is 1.79. The molecule has 4 nitrogen and oxygen atoms in total. The van der Waals surface area contributed by atoms with Gasteiger partial charge in [-0.05, 0) is 42.3 Å². The summed E-state index contributed by atoms with van der Waals surface area (Å²) in [4.78, 5) is 16.4. The normalized spacial score (nSPS) is 18.9. The number of hydrogen-bond acceptors (Lipinski definition) is 3. The van der Waals surface area contributed by atoms with Gasteiger partial charge in [-0.2, -0.15) is 0 Å². The lowest BCUT2D eigenvalue weighted by Gasteiger charge is -2.34. The molecule has 6 heteroatoms. The fourth-order valence-corrected chi connectivity index (χ4v) is 3.21. The van der Waals surface area contributed by atoms with Crippen LogP contribution in [0, 0.1) is 11.6 Å². The molecule has 0 bridgehead atoms. The van der Waals surface area contributed by atoms with E-state index >= 15 is 0 Å². The third kappa shape index (κ3) is 4.90. The molecule has 0 aliphatic carbocycles. The molecule has 0 spiro atoms. The van der Waals surface area contributed by atoms with Gasteiger partial charge in [0.05, 0.1) is 25.3 Å². The summed E-state index contributed by atoms with van der Waals surface area (Å²) in [5.74, 6) is -0.579. The molecule has 1 fully saturated rings. The fraction of sp³-hybridized carbons (Fsp3) is 0.381. The highest BCUT2D eigenvalue weighted by molar-refractivity contribution is 5.78. The molecule has 2 aromatic carbocycles. The first-order valence-corrected chi connectivity index (χ1v) is 9.04. The number of nitrogens with zero attached hydrogens (tertiary/aromatic N) is 2. The number of amides is 1. The van der Waals surface area contributed by atoms with E-state index in [0.29, 0.717) is 19.7 Å². The van der Waals surface area contributed by atoms with Crippen molar-refractivity contribution in [1.29, 1.82) is 0 Å². The predicted octanol–water partition coefficient (Wildman–Crippen LogP) is 3.56. The van der Waals surface area contributed by atoms with E-state index in [4.69, 9.17) is 4.74 Å². The van der Waals surface area contributed by atoms with Crippen LogP contribution < -0.4 is 0 Å². The minimum absolute atomic E-state index is 0.00780. The van der Waals surface area contributed by atoms with Crippen LogP contribution in [-0.4, -0.2) is 49.0 Å². The lowest BCUT2D eigenvalue weighted by Crippen LogP contribution is -2.45. The molecule has 2 atom stereocenters. The van der Waals surface area contributed by atoms with E-state index < -0.39 is 0 Å². The van der Waals surface area contributed by atoms with Crippen LogP contribution in [0.4, 0.5) is 8.78 Å². The van der Waals surface area contributed by atoms with Crippen molar-refractivity contribution >= 4 is 5.91 Å². The summed E-state index contributed by atoms with van der Waals surface area (Å²) in [5, 5.41) is 0. The average molecular weight is 374 g/mol. The number of rotatable bonds is 5. The largest absolute Gasteiger partial charge is 0.371 e. The van der Waals surface area contributed by atoms with E-state index in [2.05, 4.69) is 0 Å². The van der Waals surface area contributed by atoms with Crippen molar-refractivity contribution in [1.82, 2.24) is 9.80 Å². The van der Waals surface area contributed by atoms with Crippen LogP contribution in [-0.2, 0) is 9.53 Å². The molecule has 2 unspecified atom stereocenters. The zero-order chi connectivity index (χ0) is 19.4. The molecule has 1 aliphatic rings. The number of carbonyl (C=O) groups is 1. The smallest absolute Gasteiger partial charge is 0.236 e. The number of morpholine rings is 1. The molecular weight excluding hydrogens is 350 g/mol. The summed E-state index contributed by atoms with van der Waals surface area (Å²) >= 11 is 0. The highest BCUT2D eigenvalue weighted by atomic mass is 19.1. The van der Waals surface area contributed by atoms with E-state index in [1.54, 1.807) is 36.2 Å². The summed E-state index contributed by atoms with van der Waals surface area (Å²) in [6, 6.07) is 12.3. The molecule has 3 rings (SSSR count). The Kier molecular flexibility index (Phi) is 6.19. The second kappa shape index (κ2) is 8.59. The van der Waals surface area contributed by atoms with Crippen molar-refractivity contribution in [2.75, 3.05) is 33.3 Å². The molecular formula is C21H24F2N2O2. The maximum absolute atomic E-state index is 13.1. The zero-order valence-corrected chi connectivity index (χ0v) is 15.6. The van der Waals surface area contributed by atoms with Gasteiger partial charge in [0.15, 0.2) is 0 Å². The first-order valence-electron chi connectivity index (χ1n) is 9.04. The maximum atomic E-state index is 13.1. The Balaban J connectivity index is 1.59. The Morgan fingerprint density at radius 1 is 1.15 bits per heavy atom. The SMILES string of the molecule is CC(c1ccc(F)cc1)N(C)C(=O)CN1CCOC(c2ccc(F)cc2)C1. The molecule has 1 saturated heterocycles. The highest BCUT2D eigenvalue weighted by Crippen LogP contribution is 2.23. The van der Waals surface area contributed by atoms with Crippen molar-refractivity contribution in [3.05, 3.63) is 71.3 Å². The standard InChI is InChI=1S/C21H24F2N2O2/c1-15(16-3-7-18(22)8-4-16)24(2)21(26)14-25-11-12-27-20(13-25)17-5-9-19(23)10-6-17/h3-10,15,20H,11-14H2,1-2H3. The Morgan fingerprint density at radius 3 is 2.37 bits per heavy atom. The van der Waals surface area contributed by atoms with Crippen LogP contribution in [0.2, 0.25) is 0 Å². The monoisotopic (exact) mass is 374 g/mol. The van der Waals surface area contributed by atoms with Crippen molar-refractivity contribution in [2.45, 2.75) is 19.1 Å². The predicted molar refractivity (Wildman–Crippen MR) is 99.1 cm³/mol. The molecule has 1 heterocycles. The third-order valence-corrected chi connectivity index (χ3v) is 5.08. The van der Waals surface area contributed by atoms with Crippen molar-refractivity contribution < 1.29 is 18.3 Å². The third-order valence-electron chi connectivity index (χ3n) is 5.08. The zero-order valence-electron chi connectivity index (χ0n) is 15.6. The van der Waals surface area contributed by atoms with Crippen LogP contribution in [0.25, 0.3) is 0 Å². The van der Waals surface area contributed by atoms with E-state index in [1.807, 2.05) is 11.8 Å². The number of halogens is 2. The van der Waals surface area contributed by atoms with E-state index in [-0.39, 0.29) is 36.2 Å². The average Bonchev–Trinajstić information content (AvgIpc) is 2.68. The van der Waals surface area contributed by atoms with Crippen molar-refractivity contribution in [2.24, 2.45) is 0 Å². The van der Waals surface area contributed by atoms with Crippen molar-refractivity contribution in [3.8, 4) is 0 Å². The Hall–Kier alpha value is -2.31. The maximum Gasteiger partial charge on any atom is 0.236 e. The quantitative estimate of drug-likeness (QED) is 0.802. The molecule has 0 radical (unpaired) electrons. The Bertz CT molecular complexity index is 765. The Labute approximate surface area is 158 Å².